The maximum absolute atomic E-state index is 5.77. The molecule has 92 valence electrons. The predicted octanol–water partition coefficient (Wildman–Crippen LogP) is 2.58. The van der Waals surface area contributed by atoms with E-state index in [2.05, 4.69) is 9.97 Å². The number of nitrogens with zero attached hydrogens (tertiary/aromatic N) is 2. The van der Waals surface area contributed by atoms with E-state index in [1.165, 1.54) is 0 Å². The van der Waals surface area contributed by atoms with Crippen LogP contribution in [0.1, 0.15) is 18.5 Å². The van der Waals surface area contributed by atoms with Gasteiger partial charge in [0, 0.05) is 11.3 Å². The molecule has 1 aromatic heterocycles. The number of hydrogen-bond donors (Lipinski definition) is 1. The van der Waals surface area contributed by atoms with Gasteiger partial charge in [0.2, 0.25) is 5.95 Å². The van der Waals surface area contributed by atoms with E-state index in [-0.39, 0.29) is 0 Å². The van der Waals surface area contributed by atoms with Crippen molar-refractivity contribution in [3.05, 3.63) is 36.0 Å². The van der Waals surface area contributed by atoms with Crippen LogP contribution in [0.5, 0.6) is 5.75 Å². The number of aromatic nitrogens is 2. The Labute approximate surface area is 106 Å². The summed E-state index contributed by atoms with van der Waals surface area (Å²) in [6.07, 6.45) is 2.71. The van der Waals surface area contributed by atoms with Crippen molar-refractivity contribution in [3.63, 3.8) is 0 Å². The fraction of sp³-hybridized carbons (Fsp3) is 0.286. The van der Waals surface area contributed by atoms with Crippen molar-refractivity contribution in [2.24, 2.45) is 0 Å². The van der Waals surface area contributed by atoms with E-state index in [4.69, 9.17) is 10.5 Å². The molecule has 1 aromatic carbocycles. The highest BCUT2D eigenvalue weighted by atomic mass is 16.5. The number of nitrogens with two attached hydrogens (primary N) is 1. The summed E-state index contributed by atoms with van der Waals surface area (Å²) < 4.78 is 5.77. The summed E-state index contributed by atoms with van der Waals surface area (Å²) >= 11 is 0. The molecule has 0 aliphatic heterocycles. The quantitative estimate of drug-likeness (QED) is 0.897. The lowest BCUT2D eigenvalue weighted by Crippen LogP contribution is -1.99. The first kappa shape index (κ1) is 11.0. The van der Waals surface area contributed by atoms with Crippen LogP contribution >= 0.6 is 0 Å². The molecule has 0 amide bonds. The Morgan fingerprint density at radius 1 is 1.22 bits per heavy atom. The zero-order chi connectivity index (χ0) is 12.5. The molecule has 2 aromatic rings. The highest BCUT2D eigenvalue weighted by molar-refractivity contribution is 5.62. The fourth-order valence-electron chi connectivity index (χ4n) is 1.85. The van der Waals surface area contributed by atoms with Crippen molar-refractivity contribution >= 4 is 5.95 Å². The van der Waals surface area contributed by atoms with Gasteiger partial charge >= 0.3 is 0 Å². The van der Waals surface area contributed by atoms with Crippen LogP contribution in [0, 0.1) is 6.92 Å². The first-order valence-corrected chi connectivity index (χ1v) is 6.09. The zero-order valence-corrected chi connectivity index (χ0v) is 10.3. The molecule has 2 N–H and O–H groups in total. The molecule has 0 spiro atoms. The van der Waals surface area contributed by atoms with Crippen LogP contribution in [-0.4, -0.2) is 16.1 Å². The molecule has 0 unspecified atom stereocenters. The second-order valence-corrected chi connectivity index (χ2v) is 4.60. The van der Waals surface area contributed by atoms with Gasteiger partial charge in [-0.25, -0.2) is 9.97 Å². The number of anilines is 1. The molecule has 4 nitrogen and oxygen atoms in total. The monoisotopic (exact) mass is 241 g/mol. The Hall–Kier alpha value is -2.10. The highest BCUT2D eigenvalue weighted by Crippen LogP contribution is 2.29. The van der Waals surface area contributed by atoms with Crippen LogP contribution in [0.2, 0.25) is 0 Å². The van der Waals surface area contributed by atoms with E-state index in [9.17, 15) is 0 Å². The number of hydrogen-bond acceptors (Lipinski definition) is 4. The van der Waals surface area contributed by atoms with Gasteiger partial charge in [-0.2, -0.15) is 0 Å². The maximum Gasteiger partial charge on any atom is 0.220 e. The standard InChI is InChI=1S/C14H15N3O/c1-9-7-13(17-14(15)16-9)10-3-2-4-12(8-10)18-11-5-6-11/h2-4,7-8,11H,5-6H2,1H3,(H2,15,16,17). The van der Waals surface area contributed by atoms with Crippen molar-refractivity contribution in [2.45, 2.75) is 25.9 Å². The van der Waals surface area contributed by atoms with Gasteiger partial charge in [0.15, 0.2) is 0 Å². The average Bonchev–Trinajstić information content (AvgIpc) is 3.12. The van der Waals surface area contributed by atoms with Crippen LogP contribution in [0.4, 0.5) is 5.95 Å². The van der Waals surface area contributed by atoms with Gasteiger partial charge in [0.05, 0.1) is 11.8 Å². The summed E-state index contributed by atoms with van der Waals surface area (Å²) in [5, 5.41) is 0. The molecule has 1 fully saturated rings. The Bertz CT molecular complexity index is 559. The normalized spacial score (nSPS) is 14.5. The first-order chi connectivity index (χ1) is 8.70. The minimum absolute atomic E-state index is 0.304. The molecule has 0 atom stereocenters. The number of aryl methyl sites for hydroxylation is 1. The lowest BCUT2D eigenvalue weighted by Gasteiger charge is -2.07. The Balaban J connectivity index is 1.94. The summed E-state index contributed by atoms with van der Waals surface area (Å²) in [6.45, 7) is 1.91. The van der Waals surface area contributed by atoms with Gasteiger partial charge < -0.3 is 10.5 Å². The number of nitrogen functional groups attached to an aromatic ring is 1. The smallest absolute Gasteiger partial charge is 0.220 e. The second-order valence-electron chi connectivity index (χ2n) is 4.60. The van der Waals surface area contributed by atoms with Crippen molar-refractivity contribution in [1.29, 1.82) is 0 Å². The van der Waals surface area contributed by atoms with E-state index in [0.29, 0.717) is 12.1 Å². The van der Waals surface area contributed by atoms with E-state index in [0.717, 1.165) is 35.5 Å². The molecule has 18 heavy (non-hydrogen) atoms. The number of benzene rings is 1. The van der Waals surface area contributed by atoms with Gasteiger partial charge in [-0.05, 0) is 38.0 Å². The van der Waals surface area contributed by atoms with E-state index >= 15 is 0 Å². The number of ether oxygens (including phenoxy) is 1. The lowest BCUT2D eigenvalue weighted by atomic mass is 10.1. The molecule has 0 radical (unpaired) electrons. The van der Waals surface area contributed by atoms with E-state index in [1.807, 2.05) is 37.3 Å². The molecular weight excluding hydrogens is 226 g/mol. The SMILES string of the molecule is Cc1cc(-c2cccc(OC3CC3)c2)nc(N)n1. The Morgan fingerprint density at radius 2 is 2.06 bits per heavy atom. The summed E-state index contributed by atoms with van der Waals surface area (Å²) in [5.41, 5.74) is 8.38. The second kappa shape index (κ2) is 4.29. The van der Waals surface area contributed by atoms with Crippen LogP contribution in [0.25, 0.3) is 11.3 Å². The van der Waals surface area contributed by atoms with Crippen LogP contribution in [0.15, 0.2) is 30.3 Å². The van der Waals surface area contributed by atoms with Gasteiger partial charge in [0.1, 0.15) is 5.75 Å². The van der Waals surface area contributed by atoms with Crippen LogP contribution < -0.4 is 10.5 Å². The molecule has 1 aliphatic carbocycles. The number of rotatable bonds is 3. The summed E-state index contributed by atoms with van der Waals surface area (Å²) in [5.74, 6) is 1.20. The zero-order valence-electron chi connectivity index (χ0n) is 10.3. The third-order valence-corrected chi connectivity index (χ3v) is 2.83. The average molecular weight is 241 g/mol. The third kappa shape index (κ3) is 2.42. The van der Waals surface area contributed by atoms with E-state index in [1.54, 1.807) is 0 Å². The molecule has 1 saturated carbocycles. The highest BCUT2D eigenvalue weighted by Gasteiger charge is 2.23. The van der Waals surface area contributed by atoms with Gasteiger partial charge in [-0.1, -0.05) is 12.1 Å². The minimum atomic E-state index is 0.304. The van der Waals surface area contributed by atoms with Crippen LogP contribution in [-0.2, 0) is 0 Å². The minimum Gasteiger partial charge on any atom is -0.490 e. The maximum atomic E-state index is 5.77. The topological polar surface area (TPSA) is 61.0 Å². The van der Waals surface area contributed by atoms with Gasteiger partial charge in [-0.15, -0.1) is 0 Å². The Kier molecular flexibility index (Phi) is 2.63. The summed E-state index contributed by atoms with van der Waals surface area (Å²) in [7, 11) is 0. The van der Waals surface area contributed by atoms with Crippen molar-refractivity contribution in [1.82, 2.24) is 9.97 Å². The van der Waals surface area contributed by atoms with Crippen molar-refractivity contribution < 1.29 is 4.74 Å². The summed E-state index contributed by atoms with van der Waals surface area (Å²) in [6, 6.07) is 9.87. The fourth-order valence-corrected chi connectivity index (χ4v) is 1.85. The molecule has 4 heteroatoms. The molecule has 0 bridgehead atoms. The lowest BCUT2D eigenvalue weighted by molar-refractivity contribution is 0.303. The third-order valence-electron chi connectivity index (χ3n) is 2.83. The first-order valence-electron chi connectivity index (χ1n) is 6.09. The molecule has 1 heterocycles. The van der Waals surface area contributed by atoms with Crippen molar-refractivity contribution in [2.75, 3.05) is 5.73 Å². The largest absolute Gasteiger partial charge is 0.490 e. The molecule has 3 rings (SSSR count). The van der Waals surface area contributed by atoms with Gasteiger partial charge in [0.25, 0.3) is 0 Å². The predicted molar refractivity (Wildman–Crippen MR) is 70.3 cm³/mol. The van der Waals surface area contributed by atoms with Gasteiger partial charge in [-0.3, -0.25) is 0 Å². The Morgan fingerprint density at radius 3 is 2.78 bits per heavy atom. The molecule has 0 saturated heterocycles. The van der Waals surface area contributed by atoms with E-state index < -0.39 is 0 Å². The summed E-state index contributed by atoms with van der Waals surface area (Å²) in [4.78, 5) is 8.33. The molecular formula is C14H15N3O. The van der Waals surface area contributed by atoms with Crippen molar-refractivity contribution in [3.8, 4) is 17.0 Å². The van der Waals surface area contributed by atoms with Crippen LogP contribution in [0.3, 0.4) is 0 Å². The molecule has 1 aliphatic rings.